The summed E-state index contributed by atoms with van der Waals surface area (Å²) in [4.78, 5) is 106. The SMILES string of the molecule is O=C(NCCN(CCNC(=O)c1ccn(CCO)c(=O)c1O)CCN(CCNC(=O)c1ccn(CCO)c(=O)c1O)CNC(=O)c1ccn(CCO)c(=O)c1O)c1ccn(CCO)c(=O)c1O. The van der Waals surface area contributed by atoms with Crippen molar-refractivity contribution in [2.24, 2.45) is 0 Å². The molecular formula is C41H54N10O16. The Hall–Kier alpha value is -7.36. The number of aliphatic hydroxyl groups is 4. The molecule has 0 saturated carbocycles. The van der Waals surface area contributed by atoms with Gasteiger partial charge in [0.05, 0.1) is 55.4 Å². The Labute approximate surface area is 379 Å². The molecule has 67 heavy (non-hydrogen) atoms. The van der Waals surface area contributed by atoms with Crippen LogP contribution in [-0.4, -0.2) is 178 Å². The topological polar surface area (TPSA) is 373 Å². The molecule has 4 heterocycles. The van der Waals surface area contributed by atoms with Crippen molar-refractivity contribution in [2.45, 2.75) is 26.2 Å². The summed E-state index contributed by atoms with van der Waals surface area (Å²) >= 11 is 0. The number of amides is 4. The van der Waals surface area contributed by atoms with Gasteiger partial charge >= 0.3 is 0 Å². The van der Waals surface area contributed by atoms with Crippen LogP contribution in [0, 0.1) is 0 Å². The Morgan fingerprint density at radius 2 is 0.657 bits per heavy atom. The maximum atomic E-state index is 13.2. The predicted octanol–water partition coefficient (Wildman–Crippen LogP) is -5.29. The monoisotopic (exact) mass is 942 g/mol. The van der Waals surface area contributed by atoms with Gasteiger partial charge in [0.2, 0.25) is 0 Å². The number of carbonyl (C=O) groups excluding carboxylic acids is 4. The average Bonchev–Trinajstić information content (AvgIpc) is 3.30. The van der Waals surface area contributed by atoms with Crippen LogP contribution < -0.4 is 43.5 Å². The van der Waals surface area contributed by atoms with Gasteiger partial charge < -0.3 is 80.4 Å². The van der Waals surface area contributed by atoms with Gasteiger partial charge in [0, 0.05) is 103 Å². The van der Waals surface area contributed by atoms with Crippen LogP contribution in [0.3, 0.4) is 0 Å². The minimum absolute atomic E-state index is 0.0120. The van der Waals surface area contributed by atoms with E-state index in [2.05, 4.69) is 21.3 Å². The Morgan fingerprint density at radius 3 is 0.940 bits per heavy atom. The first kappa shape index (κ1) is 52.3. The largest absolute Gasteiger partial charge is 0.502 e. The molecule has 0 aliphatic carbocycles. The van der Waals surface area contributed by atoms with E-state index < -0.39 is 95.3 Å². The average molecular weight is 943 g/mol. The molecule has 0 unspecified atom stereocenters. The Balaban J connectivity index is 1.53. The van der Waals surface area contributed by atoms with Gasteiger partial charge in [-0.25, -0.2) is 0 Å². The van der Waals surface area contributed by atoms with E-state index in [1.165, 1.54) is 49.1 Å². The van der Waals surface area contributed by atoms with E-state index in [-0.39, 0.29) is 107 Å². The Bertz CT molecular complexity index is 2540. The molecule has 0 radical (unpaired) electrons. The molecular weight excluding hydrogens is 889 g/mol. The van der Waals surface area contributed by atoms with Crippen LogP contribution in [0.5, 0.6) is 23.0 Å². The van der Waals surface area contributed by atoms with Gasteiger partial charge in [-0.05, 0) is 24.3 Å². The van der Waals surface area contributed by atoms with E-state index in [1.54, 1.807) is 9.80 Å². The third-order valence-electron chi connectivity index (χ3n) is 10.2. The molecule has 0 saturated heterocycles. The van der Waals surface area contributed by atoms with Crippen LogP contribution in [0.15, 0.2) is 68.2 Å². The van der Waals surface area contributed by atoms with E-state index in [9.17, 15) is 79.2 Å². The van der Waals surface area contributed by atoms with Crippen molar-refractivity contribution in [3.05, 3.63) is 113 Å². The normalized spacial score (nSPS) is 11.2. The number of pyridine rings is 4. The number of hydrogen-bond acceptors (Lipinski definition) is 18. The molecule has 26 heteroatoms. The van der Waals surface area contributed by atoms with Gasteiger partial charge in [-0.2, -0.15) is 0 Å². The van der Waals surface area contributed by atoms with Crippen molar-refractivity contribution in [2.75, 3.05) is 85.5 Å². The fourth-order valence-corrected chi connectivity index (χ4v) is 6.55. The first-order chi connectivity index (χ1) is 32.1. The van der Waals surface area contributed by atoms with Crippen LogP contribution in [-0.2, 0) is 26.2 Å². The zero-order valence-electron chi connectivity index (χ0n) is 36.2. The summed E-state index contributed by atoms with van der Waals surface area (Å²) in [6.45, 7) is -2.41. The molecule has 4 rings (SSSR count). The molecule has 0 aliphatic rings. The fourth-order valence-electron chi connectivity index (χ4n) is 6.55. The Morgan fingerprint density at radius 1 is 0.403 bits per heavy atom. The smallest absolute Gasteiger partial charge is 0.293 e. The number of carbonyl (C=O) groups is 4. The molecule has 4 amide bonds. The molecule has 26 nitrogen and oxygen atoms in total. The first-order valence-corrected chi connectivity index (χ1v) is 20.8. The maximum Gasteiger partial charge on any atom is 0.293 e. The molecule has 4 aromatic heterocycles. The standard InChI is InChI=1S/C41H54N10O16/c52-21-17-48-8-1-26(30(56)38(48)64)34(60)42-5-12-46(13-6-43-35(61)27-2-9-49(18-22-53)39(65)31(27)57)15-16-47(25-45-37(63)29-4-11-51(20-24-55)41(67)33(29)59)14-7-44-36(62)28-3-10-50(19-23-54)40(66)32(28)58/h1-4,8-11,52-59H,5-7,12-25H2,(H,42,60)(H,43,61)(H,44,62)(H,45,63). The highest BCUT2D eigenvalue weighted by Crippen LogP contribution is 2.14. The number of nitrogens with zero attached hydrogens (tertiary/aromatic N) is 6. The van der Waals surface area contributed by atoms with Gasteiger partial charge in [0.15, 0.2) is 23.0 Å². The highest BCUT2D eigenvalue weighted by atomic mass is 16.3. The number of rotatable bonds is 26. The summed E-state index contributed by atoms with van der Waals surface area (Å²) in [6, 6.07) is 4.76. The van der Waals surface area contributed by atoms with Crippen LogP contribution in [0.2, 0.25) is 0 Å². The van der Waals surface area contributed by atoms with Crippen LogP contribution in [0.4, 0.5) is 0 Å². The summed E-state index contributed by atoms with van der Waals surface area (Å²) in [7, 11) is 0. The van der Waals surface area contributed by atoms with Crippen molar-refractivity contribution in [3.63, 3.8) is 0 Å². The van der Waals surface area contributed by atoms with Gasteiger partial charge in [0.25, 0.3) is 45.9 Å². The molecule has 0 aromatic carbocycles. The maximum absolute atomic E-state index is 13.2. The second-order valence-corrected chi connectivity index (χ2v) is 14.6. The highest BCUT2D eigenvalue weighted by molar-refractivity contribution is 5.98. The quantitative estimate of drug-likeness (QED) is 0.0262. The predicted molar refractivity (Wildman–Crippen MR) is 235 cm³/mol. The minimum atomic E-state index is -0.925. The molecule has 0 fully saturated rings. The summed E-state index contributed by atoms with van der Waals surface area (Å²) < 4.78 is 4.04. The summed E-state index contributed by atoms with van der Waals surface area (Å²) in [5.41, 5.74) is -5.02. The van der Waals surface area contributed by atoms with Crippen molar-refractivity contribution in [1.29, 1.82) is 0 Å². The van der Waals surface area contributed by atoms with Crippen molar-refractivity contribution in [3.8, 4) is 23.0 Å². The number of aromatic hydroxyl groups is 4. The summed E-state index contributed by atoms with van der Waals surface area (Å²) in [5.74, 6) is -6.72. The number of hydrogen-bond donors (Lipinski definition) is 12. The number of aliphatic hydroxyl groups excluding tert-OH is 4. The molecule has 364 valence electrons. The molecule has 0 atom stereocenters. The third-order valence-corrected chi connectivity index (χ3v) is 10.2. The van der Waals surface area contributed by atoms with E-state index in [0.717, 1.165) is 18.3 Å². The van der Waals surface area contributed by atoms with Gasteiger partial charge in [-0.3, -0.25) is 48.2 Å². The lowest BCUT2D eigenvalue weighted by atomic mass is 10.2. The minimum Gasteiger partial charge on any atom is -0.502 e. The van der Waals surface area contributed by atoms with Crippen molar-refractivity contribution >= 4 is 23.6 Å². The lowest BCUT2D eigenvalue weighted by Gasteiger charge is -2.28. The van der Waals surface area contributed by atoms with E-state index >= 15 is 0 Å². The van der Waals surface area contributed by atoms with E-state index in [4.69, 9.17) is 0 Å². The first-order valence-electron chi connectivity index (χ1n) is 20.8. The van der Waals surface area contributed by atoms with E-state index in [1.807, 2.05) is 0 Å². The van der Waals surface area contributed by atoms with Crippen molar-refractivity contribution < 1.29 is 60.0 Å². The zero-order chi connectivity index (χ0) is 49.2. The van der Waals surface area contributed by atoms with Crippen LogP contribution in [0.25, 0.3) is 0 Å². The summed E-state index contributed by atoms with van der Waals surface area (Å²) in [5, 5.41) is 88.8. The van der Waals surface area contributed by atoms with E-state index in [0.29, 0.717) is 0 Å². The van der Waals surface area contributed by atoms with Gasteiger partial charge in [-0.1, -0.05) is 0 Å². The van der Waals surface area contributed by atoms with Crippen LogP contribution in [0.1, 0.15) is 41.4 Å². The molecule has 0 bridgehead atoms. The lowest BCUT2D eigenvalue weighted by Crippen LogP contribution is -2.47. The summed E-state index contributed by atoms with van der Waals surface area (Å²) in [6.07, 6.45) is 4.90. The lowest BCUT2D eigenvalue weighted by molar-refractivity contribution is 0.0895. The third kappa shape index (κ3) is 13.8. The molecule has 4 aromatic rings. The fraction of sp³-hybridized carbons (Fsp3) is 0.415. The molecule has 0 spiro atoms. The van der Waals surface area contributed by atoms with Gasteiger partial charge in [0.1, 0.15) is 0 Å². The molecule has 0 aliphatic heterocycles. The van der Waals surface area contributed by atoms with Crippen molar-refractivity contribution in [1.82, 2.24) is 49.3 Å². The Kier molecular flexibility index (Phi) is 19.8. The second kappa shape index (κ2) is 25.4. The number of nitrogens with one attached hydrogen (secondary N) is 4. The second-order valence-electron chi connectivity index (χ2n) is 14.6. The highest BCUT2D eigenvalue weighted by Gasteiger charge is 2.21. The number of aromatic nitrogens is 4. The molecule has 12 N–H and O–H groups in total. The van der Waals surface area contributed by atoms with Gasteiger partial charge in [-0.15, -0.1) is 0 Å². The zero-order valence-corrected chi connectivity index (χ0v) is 36.2. The van der Waals surface area contributed by atoms with Crippen LogP contribution >= 0.6 is 0 Å².